The van der Waals surface area contributed by atoms with Crippen molar-refractivity contribution in [3.63, 3.8) is 0 Å². The molecule has 0 spiro atoms. The fourth-order valence-electron chi connectivity index (χ4n) is 4.78. The molecule has 2 aromatic carbocycles. The van der Waals surface area contributed by atoms with E-state index in [-0.39, 0.29) is 5.91 Å². The van der Waals surface area contributed by atoms with Gasteiger partial charge in [0.25, 0.3) is 0 Å². The number of aromatic nitrogens is 2. The number of halogens is 2. The quantitative estimate of drug-likeness (QED) is 0.209. The van der Waals surface area contributed by atoms with Crippen molar-refractivity contribution < 1.29 is 4.79 Å². The van der Waals surface area contributed by atoms with Gasteiger partial charge in [-0.25, -0.2) is 9.97 Å². The summed E-state index contributed by atoms with van der Waals surface area (Å²) < 4.78 is 0. The molecule has 0 saturated carbocycles. The third kappa shape index (κ3) is 7.88. The number of benzene rings is 2. The molecule has 2 aliphatic heterocycles. The Kier molecular flexibility index (Phi) is 9.63. The van der Waals surface area contributed by atoms with Gasteiger partial charge in [0.1, 0.15) is 11.0 Å². The van der Waals surface area contributed by atoms with Crippen LogP contribution >= 0.6 is 35.0 Å². The van der Waals surface area contributed by atoms with Crippen LogP contribution in [0.2, 0.25) is 10.2 Å². The van der Waals surface area contributed by atoms with Crippen LogP contribution in [0.5, 0.6) is 0 Å². The maximum Gasteiger partial charge on any atom is 0.233 e. The summed E-state index contributed by atoms with van der Waals surface area (Å²) in [5.41, 5.74) is 2.31. The first-order valence-electron chi connectivity index (χ1n) is 13.2. The minimum Gasteiger partial charge on any atom is -0.368 e. The van der Waals surface area contributed by atoms with Gasteiger partial charge in [-0.2, -0.15) is 0 Å². The molecular weight excluding hydrogens is 551 g/mol. The van der Waals surface area contributed by atoms with Crippen LogP contribution in [-0.4, -0.2) is 90.3 Å². The molecule has 0 aliphatic carbocycles. The van der Waals surface area contributed by atoms with E-state index in [0.29, 0.717) is 29.2 Å². The lowest BCUT2D eigenvalue weighted by Crippen LogP contribution is -2.49. The Hall–Kier alpha value is -2.78. The normalized spacial score (nSPS) is 16.7. The van der Waals surface area contributed by atoms with Crippen molar-refractivity contribution in [3.8, 4) is 0 Å². The zero-order valence-corrected chi connectivity index (χ0v) is 24.1. The summed E-state index contributed by atoms with van der Waals surface area (Å²) in [6.45, 7) is 7.47. The Balaban J connectivity index is 1.08. The number of rotatable bonds is 8. The molecule has 0 bridgehead atoms. The first kappa shape index (κ1) is 27.8. The molecule has 0 unspecified atom stereocenters. The topological polar surface area (TPSA) is 55.8 Å². The highest BCUT2D eigenvalue weighted by Crippen LogP contribution is 2.24. The fraction of sp³-hybridized carbons (Fsp3) is 0.345. The molecular formula is C29H32Cl2N6OS. The summed E-state index contributed by atoms with van der Waals surface area (Å²) in [6.07, 6.45) is 4.38. The van der Waals surface area contributed by atoms with Gasteiger partial charge in [0.05, 0.1) is 5.75 Å². The van der Waals surface area contributed by atoms with Crippen LogP contribution in [0.3, 0.4) is 0 Å². The molecule has 0 atom stereocenters. The van der Waals surface area contributed by atoms with Crippen LogP contribution in [0, 0.1) is 0 Å². The Morgan fingerprint density at radius 3 is 2.33 bits per heavy atom. The molecule has 0 radical (unpaired) electrons. The highest BCUT2D eigenvalue weighted by atomic mass is 35.5. The first-order chi connectivity index (χ1) is 19.0. The van der Waals surface area contributed by atoms with E-state index < -0.39 is 0 Å². The smallest absolute Gasteiger partial charge is 0.233 e. The highest BCUT2D eigenvalue weighted by molar-refractivity contribution is 7.99. The van der Waals surface area contributed by atoms with Crippen molar-refractivity contribution in [1.29, 1.82) is 0 Å². The number of hydrogen-bond donors (Lipinski definition) is 0. The van der Waals surface area contributed by atoms with Gasteiger partial charge in [0.2, 0.25) is 5.91 Å². The SMILES string of the molecule is O=C(CSc1nc(Cl)cc(N2CCN(CC=Cc3ccccc3)CC2)n1)N1CCN(c2cccc(Cl)c2)CC1. The molecule has 1 aromatic heterocycles. The average Bonchev–Trinajstić information content (AvgIpc) is 2.97. The molecule has 204 valence electrons. The Bertz CT molecular complexity index is 1280. The predicted octanol–water partition coefficient (Wildman–Crippen LogP) is 5.06. The van der Waals surface area contributed by atoms with Gasteiger partial charge < -0.3 is 14.7 Å². The van der Waals surface area contributed by atoms with E-state index >= 15 is 0 Å². The Morgan fingerprint density at radius 2 is 1.59 bits per heavy atom. The van der Waals surface area contributed by atoms with Gasteiger partial charge in [0.15, 0.2) is 5.16 Å². The monoisotopic (exact) mass is 582 g/mol. The van der Waals surface area contributed by atoms with Gasteiger partial charge in [-0.3, -0.25) is 9.69 Å². The molecule has 39 heavy (non-hydrogen) atoms. The first-order valence-corrected chi connectivity index (χ1v) is 14.9. The van der Waals surface area contributed by atoms with Crippen LogP contribution < -0.4 is 9.80 Å². The molecule has 3 heterocycles. The fourth-order valence-corrected chi connectivity index (χ4v) is 5.95. The predicted molar refractivity (Wildman–Crippen MR) is 162 cm³/mol. The number of nitrogens with zero attached hydrogens (tertiary/aromatic N) is 6. The molecule has 7 nitrogen and oxygen atoms in total. The van der Waals surface area contributed by atoms with Crippen molar-refractivity contribution in [2.45, 2.75) is 5.16 Å². The van der Waals surface area contributed by atoms with Crippen LogP contribution in [0.1, 0.15) is 5.56 Å². The van der Waals surface area contributed by atoms with Gasteiger partial charge in [-0.1, -0.05) is 83.5 Å². The largest absolute Gasteiger partial charge is 0.368 e. The average molecular weight is 584 g/mol. The lowest BCUT2D eigenvalue weighted by atomic mass is 10.2. The van der Waals surface area contributed by atoms with E-state index in [1.807, 2.05) is 35.2 Å². The molecule has 1 amide bonds. The second kappa shape index (κ2) is 13.5. The summed E-state index contributed by atoms with van der Waals surface area (Å²) in [6, 6.07) is 20.0. The second-order valence-corrected chi connectivity index (χ2v) is 11.3. The van der Waals surface area contributed by atoms with Crippen molar-refractivity contribution >= 4 is 58.5 Å². The lowest BCUT2D eigenvalue weighted by molar-refractivity contribution is -0.128. The van der Waals surface area contributed by atoms with Gasteiger partial charge in [0, 0.05) is 75.7 Å². The van der Waals surface area contributed by atoms with Crippen LogP contribution in [0.25, 0.3) is 6.08 Å². The number of thioether (sulfide) groups is 1. The molecule has 2 fully saturated rings. The molecule has 0 N–H and O–H groups in total. The molecule has 10 heteroatoms. The zero-order chi connectivity index (χ0) is 27.0. The molecule has 2 saturated heterocycles. The van der Waals surface area contributed by atoms with E-state index in [9.17, 15) is 4.79 Å². The van der Waals surface area contributed by atoms with E-state index in [4.69, 9.17) is 28.2 Å². The van der Waals surface area contributed by atoms with Crippen molar-refractivity contribution in [3.05, 3.63) is 82.5 Å². The van der Waals surface area contributed by atoms with Gasteiger partial charge >= 0.3 is 0 Å². The summed E-state index contributed by atoms with van der Waals surface area (Å²) in [7, 11) is 0. The van der Waals surface area contributed by atoms with Gasteiger partial charge in [-0.15, -0.1) is 0 Å². The van der Waals surface area contributed by atoms with E-state index in [0.717, 1.165) is 62.3 Å². The van der Waals surface area contributed by atoms with Crippen LogP contribution in [-0.2, 0) is 4.79 Å². The number of piperazine rings is 2. The van der Waals surface area contributed by atoms with Crippen LogP contribution in [0.4, 0.5) is 11.5 Å². The summed E-state index contributed by atoms with van der Waals surface area (Å²) >= 11 is 13.8. The summed E-state index contributed by atoms with van der Waals surface area (Å²) in [5.74, 6) is 1.20. The number of carbonyl (C=O) groups is 1. The zero-order valence-electron chi connectivity index (χ0n) is 21.8. The highest BCUT2D eigenvalue weighted by Gasteiger charge is 2.23. The Morgan fingerprint density at radius 1 is 0.846 bits per heavy atom. The number of hydrogen-bond acceptors (Lipinski definition) is 7. The third-order valence-corrected chi connectivity index (χ3v) is 8.22. The molecule has 2 aliphatic rings. The summed E-state index contributed by atoms with van der Waals surface area (Å²) in [5, 5.41) is 1.66. The number of anilines is 2. The second-order valence-electron chi connectivity index (χ2n) is 9.57. The Labute approximate surface area is 244 Å². The van der Waals surface area contributed by atoms with E-state index in [1.54, 1.807) is 0 Å². The van der Waals surface area contributed by atoms with E-state index in [2.05, 4.69) is 62.2 Å². The van der Waals surface area contributed by atoms with Crippen molar-refractivity contribution in [2.75, 3.05) is 74.5 Å². The minimum atomic E-state index is 0.0908. The molecule has 3 aromatic rings. The van der Waals surface area contributed by atoms with Crippen molar-refractivity contribution in [2.24, 2.45) is 0 Å². The maximum atomic E-state index is 12.9. The number of carbonyl (C=O) groups excluding carboxylic acids is 1. The van der Waals surface area contributed by atoms with Gasteiger partial charge in [-0.05, 0) is 23.8 Å². The third-order valence-electron chi connectivity index (χ3n) is 6.96. The van der Waals surface area contributed by atoms with Crippen LogP contribution in [0.15, 0.2) is 71.9 Å². The molecule has 5 rings (SSSR count). The minimum absolute atomic E-state index is 0.0908. The number of amides is 1. The van der Waals surface area contributed by atoms with E-state index in [1.165, 1.54) is 17.3 Å². The summed E-state index contributed by atoms with van der Waals surface area (Å²) in [4.78, 5) is 30.8. The maximum absolute atomic E-state index is 12.9. The standard InChI is InChI=1S/C29H32Cl2N6OS/c30-24-9-4-10-25(20-24)35-16-18-37(19-17-35)28(38)22-39-29-32-26(31)21-27(33-29)36-14-12-34(13-15-36)11-5-8-23-6-2-1-3-7-23/h1-10,20-21H,11-19,22H2. The van der Waals surface area contributed by atoms with Crippen molar-refractivity contribution in [1.82, 2.24) is 19.8 Å². The lowest BCUT2D eigenvalue weighted by Gasteiger charge is -2.36.